The summed E-state index contributed by atoms with van der Waals surface area (Å²) in [4.78, 5) is 0. The number of halogens is 2. The molecule has 0 aliphatic carbocycles. The molecule has 0 aliphatic rings. The summed E-state index contributed by atoms with van der Waals surface area (Å²) < 4.78 is 48.1. The quantitative estimate of drug-likeness (QED) is 0.875. The largest absolute Gasteiger partial charge is 0.310 e. The number of rotatable bonds is 6. The van der Waals surface area contributed by atoms with Crippen LogP contribution in [0.3, 0.4) is 0 Å². The van der Waals surface area contributed by atoms with Crippen molar-refractivity contribution in [3.05, 3.63) is 35.4 Å². The molecule has 0 bridgehead atoms. The Morgan fingerprint density at radius 3 is 2.37 bits per heavy atom. The van der Waals surface area contributed by atoms with E-state index < -0.39 is 21.5 Å². The van der Waals surface area contributed by atoms with Crippen LogP contribution in [0.15, 0.2) is 18.2 Å². The van der Waals surface area contributed by atoms with Gasteiger partial charge in [0.2, 0.25) is 0 Å². The van der Waals surface area contributed by atoms with E-state index in [1.165, 1.54) is 12.3 Å². The second-order valence-electron chi connectivity index (χ2n) is 5.00. The number of hydrogen-bond donors (Lipinski definition) is 1. The fraction of sp³-hybridized carbons (Fsp3) is 0.538. The summed E-state index contributed by atoms with van der Waals surface area (Å²) in [7, 11) is -3.00. The second-order valence-corrected chi connectivity index (χ2v) is 7.19. The SMILES string of the molecule is C[C@@H](CN[C@H](C)c1ccc(F)c(F)c1)CS(C)(=O)=O. The van der Waals surface area contributed by atoms with Crippen molar-refractivity contribution in [1.82, 2.24) is 5.32 Å². The molecule has 0 radical (unpaired) electrons. The molecule has 1 N–H and O–H groups in total. The minimum absolute atomic E-state index is 0.0391. The highest BCUT2D eigenvalue weighted by Crippen LogP contribution is 2.16. The molecule has 0 spiro atoms. The molecule has 1 aromatic carbocycles. The maximum Gasteiger partial charge on any atom is 0.159 e. The van der Waals surface area contributed by atoms with Crippen LogP contribution in [-0.2, 0) is 9.84 Å². The lowest BCUT2D eigenvalue weighted by atomic mass is 10.1. The van der Waals surface area contributed by atoms with Gasteiger partial charge in [0.1, 0.15) is 9.84 Å². The minimum Gasteiger partial charge on any atom is -0.310 e. The van der Waals surface area contributed by atoms with Crippen molar-refractivity contribution in [2.45, 2.75) is 19.9 Å². The smallest absolute Gasteiger partial charge is 0.159 e. The topological polar surface area (TPSA) is 46.2 Å². The van der Waals surface area contributed by atoms with Crippen molar-refractivity contribution in [2.75, 3.05) is 18.6 Å². The Labute approximate surface area is 112 Å². The molecule has 0 saturated heterocycles. The normalized spacial score (nSPS) is 15.2. The molecule has 108 valence electrons. The highest BCUT2D eigenvalue weighted by atomic mass is 32.2. The van der Waals surface area contributed by atoms with Crippen molar-refractivity contribution in [1.29, 1.82) is 0 Å². The van der Waals surface area contributed by atoms with E-state index in [0.29, 0.717) is 12.1 Å². The Bertz CT molecular complexity index is 531. The number of sulfone groups is 1. The maximum atomic E-state index is 13.1. The van der Waals surface area contributed by atoms with Gasteiger partial charge >= 0.3 is 0 Å². The molecule has 0 amide bonds. The predicted molar refractivity (Wildman–Crippen MR) is 71.7 cm³/mol. The minimum atomic E-state index is -3.00. The zero-order chi connectivity index (χ0) is 14.6. The Balaban J connectivity index is 2.55. The highest BCUT2D eigenvalue weighted by molar-refractivity contribution is 7.90. The first-order chi connectivity index (χ1) is 8.69. The fourth-order valence-corrected chi connectivity index (χ4v) is 3.00. The van der Waals surface area contributed by atoms with Crippen LogP contribution in [0.4, 0.5) is 8.78 Å². The molecule has 0 aliphatic heterocycles. The van der Waals surface area contributed by atoms with Gasteiger partial charge in [0.15, 0.2) is 11.6 Å². The lowest BCUT2D eigenvalue weighted by molar-refractivity contribution is 0.481. The van der Waals surface area contributed by atoms with Gasteiger partial charge in [0, 0.05) is 12.3 Å². The average Bonchev–Trinajstić information content (AvgIpc) is 2.27. The molecule has 0 saturated carbocycles. The van der Waals surface area contributed by atoms with Crippen LogP contribution >= 0.6 is 0 Å². The van der Waals surface area contributed by atoms with Crippen LogP contribution in [0.25, 0.3) is 0 Å². The fourth-order valence-electron chi connectivity index (χ4n) is 1.85. The van der Waals surface area contributed by atoms with E-state index >= 15 is 0 Å². The third-order valence-corrected chi connectivity index (χ3v) is 3.98. The van der Waals surface area contributed by atoms with Gasteiger partial charge in [-0.15, -0.1) is 0 Å². The number of nitrogens with one attached hydrogen (secondary N) is 1. The molecule has 1 rings (SSSR count). The van der Waals surface area contributed by atoms with E-state index in [1.807, 2.05) is 13.8 Å². The van der Waals surface area contributed by atoms with Crippen molar-refractivity contribution < 1.29 is 17.2 Å². The summed E-state index contributed by atoms with van der Waals surface area (Å²) in [6.07, 6.45) is 1.20. The summed E-state index contributed by atoms with van der Waals surface area (Å²) in [6, 6.07) is 3.58. The molecular formula is C13H19F2NO2S. The molecular weight excluding hydrogens is 272 g/mol. The monoisotopic (exact) mass is 291 g/mol. The average molecular weight is 291 g/mol. The van der Waals surface area contributed by atoms with Crippen molar-refractivity contribution in [3.8, 4) is 0 Å². The van der Waals surface area contributed by atoms with Gasteiger partial charge in [-0.1, -0.05) is 13.0 Å². The van der Waals surface area contributed by atoms with Crippen LogP contribution in [0.2, 0.25) is 0 Å². The maximum absolute atomic E-state index is 13.1. The summed E-state index contributed by atoms with van der Waals surface area (Å²) in [5.74, 6) is -1.69. The highest BCUT2D eigenvalue weighted by Gasteiger charge is 2.13. The molecule has 1 aromatic rings. The van der Waals surface area contributed by atoms with E-state index in [9.17, 15) is 17.2 Å². The van der Waals surface area contributed by atoms with E-state index in [-0.39, 0.29) is 17.7 Å². The molecule has 0 unspecified atom stereocenters. The lowest BCUT2D eigenvalue weighted by Crippen LogP contribution is -2.28. The van der Waals surface area contributed by atoms with Crippen LogP contribution in [-0.4, -0.2) is 27.0 Å². The third kappa shape index (κ3) is 5.65. The van der Waals surface area contributed by atoms with Gasteiger partial charge in [-0.2, -0.15) is 0 Å². The molecule has 2 atom stereocenters. The summed E-state index contributed by atoms with van der Waals surface area (Å²) >= 11 is 0. The lowest BCUT2D eigenvalue weighted by Gasteiger charge is -2.17. The first kappa shape index (κ1) is 16.0. The van der Waals surface area contributed by atoms with Gasteiger partial charge in [-0.05, 0) is 37.1 Å². The number of benzene rings is 1. The molecule has 0 aromatic heterocycles. The standard InChI is InChI=1S/C13H19F2NO2S/c1-9(8-19(3,17)18)7-16-10(2)11-4-5-12(14)13(15)6-11/h4-6,9-10,16H,7-8H2,1-3H3/t9-,10+/m0/s1. The van der Waals surface area contributed by atoms with Gasteiger partial charge in [0.25, 0.3) is 0 Å². The molecule has 0 heterocycles. The third-order valence-electron chi connectivity index (χ3n) is 2.80. The van der Waals surface area contributed by atoms with Crippen LogP contribution in [0, 0.1) is 17.6 Å². The Kier molecular flexibility index (Phi) is 5.43. The van der Waals surface area contributed by atoms with Crippen LogP contribution in [0.5, 0.6) is 0 Å². The van der Waals surface area contributed by atoms with E-state index in [4.69, 9.17) is 0 Å². The predicted octanol–water partition coefficient (Wildman–Crippen LogP) is 2.30. The zero-order valence-electron chi connectivity index (χ0n) is 11.3. The molecule has 3 nitrogen and oxygen atoms in total. The van der Waals surface area contributed by atoms with Gasteiger partial charge in [-0.3, -0.25) is 0 Å². The molecule has 0 fully saturated rings. The first-order valence-corrected chi connectivity index (χ1v) is 8.11. The number of hydrogen-bond acceptors (Lipinski definition) is 3. The first-order valence-electron chi connectivity index (χ1n) is 6.05. The molecule has 6 heteroatoms. The Hall–Kier alpha value is -1.01. The summed E-state index contributed by atoms with van der Waals surface area (Å²) in [5.41, 5.74) is 0.630. The van der Waals surface area contributed by atoms with Crippen LogP contribution < -0.4 is 5.32 Å². The van der Waals surface area contributed by atoms with Crippen molar-refractivity contribution >= 4 is 9.84 Å². The van der Waals surface area contributed by atoms with Gasteiger partial charge < -0.3 is 5.32 Å². The van der Waals surface area contributed by atoms with E-state index in [1.54, 1.807) is 0 Å². The Morgan fingerprint density at radius 2 is 1.84 bits per heavy atom. The Morgan fingerprint density at radius 1 is 1.21 bits per heavy atom. The van der Waals surface area contributed by atoms with E-state index in [0.717, 1.165) is 12.1 Å². The van der Waals surface area contributed by atoms with Gasteiger partial charge in [-0.25, -0.2) is 17.2 Å². The van der Waals surface area contributed by atoms with Crippen LogP contribution in [0.1, 0.15) is 25.5 Å². The van der Waals surface area contributed by atoms with Crippen molar-refractivity contribution in [3.63, 3.8) is 0 Å². The summed E-state index contributed by atoms with van der Waals surface area (Å²) in [5, 5.41) is 3.11. The zero-order valence-corrected chi connectivity index (χ0v) is 12.1. The van der Waals surface area contributed by atoms with E-state index in [2.05, 4.69) is 5.32 Å². The van der Waals surface area contributed by atoms with Crippen molar-refractivity contribution in [2.24, 2.45) is 5.92 Å². The molecule has 19 heavy (non-hydrogen) atoms. The summed E-state index contributed by atoms with van der Waals surface area (Å²) in [6.45, 7) is 4.14. The second kappa shape index (κ2) is 6.43. The van der Waals surface area contributed by atoms with Gasteiger partial charge in [0.05, 0.1) is 5.75 Å².